The second-order valence-electron chi connectivity index (χ2n) is 6.44. The topological polar surface area (TPSA) is 109 Å². The van der Waals surface area contributed by atoms with Gasteiger partial charge in [-0.2, -0.15) is 4.31 Å². The third-order valence-corrected chi connectivity index (χ3v) is 8.16. The SMILES string of the molecule is Cc1ccc(S(=O)(=O)N(CCCC(=O)O)[C@H]2CCS(=O)(=O)C2)c(C)c1. The van der Waals surface area contributed by atoms with Gasteiger partial charge in [0.1, 0.15) is 0 Å². The Morgan fingerprint density at radius 3 is 2.52 bits per heavy atom. The minimum Gasteiger partial charge on any atom is -0.481 e. The fourth-order valence-electron chi connectivity index (χ4n) is 3.10. The van der Waals surface area contributed by atoms with Crippen LogP contribution in [0.4, 0.5) is 0 Å². The molecule has 0 aromatic heterocycles. The lowest BCUT2D eigenvalue weighted by atomic mass is 10.2. The van der Waals surface area contributed by atoms with E-state index in [4.69, 9.17) is 5.11 Å². The lowest BCUT2D eigenvalue weighted by Gasteiger charge is -2.28. The van der Waals surface area contributed by atoms with E-state index in [2.05, 4.69) is 0 Å². The van der Waals surface area contributed by atoms with Crippen molar-refractivity contribution in [1.82, 2.24) is 4.31 Å². The monoisotopic (exact) mass is 389 g/mol. The van der Waals surface area contributed by atoms with E-state index in [1.165, 1.54) is 10.4 Å². The molecule has 0 unspecified atom stereocenters. The molecular formula is C16H23NO6S2. The summed E-state index contributed by atoms with van der Waals surface area (Å²) in [4.78, 5) is 10.9. The zero-order valence-electron chi connectivity index (χ0n) is 14.3. The van der Waals surface area contributed by atoms with Crippen molar-refractivity contribution in [2.45, 2.75) is 44.0 Å². The van der Waals surface area contributed by atoms with Crippen molar-refractivity contribution >= 4 is 25.8 Å². The number of carbonyl (C=O) groups is 1. The fourth-order valence-corrected chi connectivity index (χ4v) is 6.83. The number of rotatable bonds is 7. The van der Waals surface area contributed by atoms with Gasteiger partial charge in [0.25, 0.3) is 0 Å². The number of aliphatic carboxylic acids is 1. The molecule has 0 amide bonds. The maximum atomic E-state index is 13.1. The third-order valence-electron chi connectivity index (χ3n) is 4.30. The second kappa shape index (κ2) is 7.43. The number of sulfone groups is 1. The minimum atomic E-state index is -3.90. The van der Waals surface area contributed by atoms with Crippen molar-refractivity contribution in [3.63, 3.8) is 0 Å². The number of benzene rings is 1. The Bertz CT molecular complexity index is 861. The molecule has 25 heavy (non-hydrogen) atoms. The number of sulfonamides is 1. The van der Waals surface area contributed by atoms with Crippen LogP contribution < -0.4 is 0 Å². The summed E-state index contributed by atoms with van der Waals surface area (Å²) >= 11 is 0. The number of hydrogen-bond acceptors (Lipinski definition) is 5. The molecule has 1 aliphatic heterocycles. The molecule has 0 bridgehead atoms. The number of carboxylic acids is 1. The first-order chi connectivity index (χ1) is 11.5. The van der Waals surface area contributed by atoms with E-state index in [0.29, 0.717) is 5.56 Å². The predicted octanol–water partition coefficient (Wildman–Crippen LogP) is 1.35. The first-order valence-corrected chi connectivity index (χ1v) is 11.3. The predicted molar refractivity (Wildman–Crippen MR) is 93.7 cm³/mol. The highest BCUT2D eigenvalue weighted by atomic mass is 32.2. The molecule has 1 heterocycles. The van der Waals surface area contributed by atoms with Crippen molar-refractivity contribution in [3.8, 4) is 0 Å². The summed E-state index contributed by atoms with van der Waals surface area (Å²) < 4.78 is 51.0. The molecule has 0 radical (unpaired) electrons. The van der Waals surface area contributed by atoms with E-state index in [9.17, 15) is 21.6 Å². The molecule has 140 valence electrons. The van der Waals surface area contributed by atoms with Crippen molar-refractivity contribution < 1.29 is 26.7 Å². The first kappa shape index (κ1) is 19.9. The molecule has 1 aliphatic rings. The van der Waals surface area contributed by atoms with Gasteiger partial charge in [-0.05, 0) is 38.3 Å². The average molecular weight is 389 g/mol. The lowest BCUT2D eigenvalue weighted by Crippen LogP contribution is -2.42. The smallest absolute Gasteiger partial charge is 0.303 e. The molecule has 1 aromatic carbocycles. The van der Waals surface area contributed by atoms with Crippen LogP contribution in [0.15, 0.2) is 23.1 Å². The highest BCUT2D eigenvalue weighted by Gasteiger charge is 2.39. The molecule has 9 heteroatoms. The van der Waals surface area contributed by atoms with Crippen LogP contribution >= 0.6 is 0 Å². The first-order valence-electron chi connectivity index (χ1n) is 8.04. The van der Waals surface area contributed by atoms with Gasteiger partial charge in [-0.15, -0.1) is 0 Å². The molecule has 7 nitrogen and oxygen atoms in total. The highest BCUT2D eigenvalue weighted by molar-refractivity contribution is 7.92. The van der Waals surface area contributed by atoms with Gasteiger partial charge in [0.05, 0.1) is 16.4 Å². The third kappa shape index (κ3) is 4.80. The van der Waals surface area contributed by atoms with Gasteiger partial charge in [-0.25, -0.2) is 16.8 Å². The summed E-state index contributed by atoms with van der Waals surface area (Å²) in [6, 6.07) is 4.33. The van der Waals surface area contributed by atoms with Gasteiger partial charge in [0.15, 0.2) is 9.84 Å². The molecule has 1 atom stereocenters. The zero-order valence-corrected chi connectivity index (χ0v) is 15.9. The van der Waals surface area contributed by atoms with Crippen molar-refractivity contribution in [2.24, 2.45) is 0 Å². The van der Waals surface area contributed by atoms with E-state index in [1.54, 1.807) is 19.1 Å². The molecule has 0 spiro atoms. The van der Waals surface area contributed by atoms with Crippen molar-refractivity contribution in [3.05, 3.63) is 29.3 Å². The Hall–Kier alpha value is -1.45. The standard InChI is InChI=1S/C16H23NO6S2/c1-12-5-6-15(13(2)10-12)25(22,23)17(8-3-4-16(18)19)14-7-9-24(20,21)11-14/h5-6,10,14H,3-4,7-9,11H2,1-2H3,(H,18,19)/t14-/m0/s1. The molecule has 1 saturated heterocycles. The maximum absolute atomic E-state index is 13.1. The normalized spacial score (nSPS) is 20.0. The van der Waals surface area contributed by atoms with Crippen LogP contribution in [0.1, 0.15) is 30.4 Å². The van der Waals surface area contributed by atoms with Crippen LogP contribution in [0, 0.1) is 13.8 Å². The second-order valence-corrected chi connectivity index (χ2v) is 10.5. The Morgan fingerprint density at radius 2 is 2.00 bits per heavy atom. The van der Waals surface area contributed by atoms with Gasteiger partial charge in [0, 0.05) is 19.0 Å². The largest absolute Gasteiger partial charge is 0.481 e. The van der Waals surface area contributed by atoms with E-state index in [-0.39, 0.29) is 42.2 Å². The summed E-state index contributed by atoms with van der Waals surface area (Å²) in [5, 5.41) is 8.81. The Kier molecular flexibility index (Phi) is 5.90. The van der Waals surface area contributed by atoms with Crippen LogP contribution in [0.3, 0.4) is 0 Å². The zero-order chi connectivity index (χ0) is 18.8. The van der Waals surface area contributed by atoms with Crippen molar-refractivity contribution in [2.75, 3.05) is 18.1 Å². The average Bonchev–Trinajstić information content (AvgIpc) is 2.82. The Morgan fingerprint density at radius 1 is 1.32 bits per heavy atom. The van der Waals surface area contributed by atoms with Crippen molar-refractivity contribution in [1.29, 1.82) is 0 Å². The van der Waals surface area contributed by atoms with Crippen LogP contribution in [0.5, 0.6) is 0 Å². The molecule has 0 saturated carbocycles. The van der Waals surface area contributed by atoms with Crippen LogP contribution in [-0.2, 0) is 24.7 Å². The van der Waals surface area contributed by atoms with Gasteiger partial charge >= 0.3 is 5.97 Å². The Labute approximate surface area is 148 Å². The molecule has 1 fully saturated rings. The maximum Gasteiger partial charge on any atom is 0.303 e. The molecule has 0 aliphatic carbocycles. The summed E-state index contributed by atoms with van der Waals surface area (Å²) in [5.41, 5.74) is 1.52. The van der Waals surface area contributed by atoms with E-state index >= 15 is 0 Å². The summed E-state index contributed by atoms with van der Waals surface area (Å²) in [6.07, 6.45) is 0.202. The summed E-state index contributed by atoms with van der Waals surface area (Å²) in [6.45, 7) is 3.54. The van der Waals surface area contributed by atoms with Gasteiger partial charge in [-0.1, -0.05) is 17.7 Å². The van der Waals surface area contributed by atoms with E-state index < -0.39 is 31.9 Å². The summed E-state index contributed by atoms with van der Waals surface area (Å²) in [5.74, 6) is -1.28. The number of carboxylic acid groups (broad SMARTS) is 1. The van der Waals surface area contributed by atoms with Gasteiger partial charge in [-0.3, -0.25) is 4.79 Å². The van der Waals surface area contributed by atoms with E-state index in [1.807, 2.05) is 6.92 Å². The van der Waals surface area contributed by atoms with Crippen LogP contribution in [0.25, 0.3) is 0 Å². The minimum absolute atomic E-state index is 0.0118. The van der Waals surface area contributed by atoms with Crippen LogP contribution in [0.2, 0.25) is 0 Å². The fraction of sp³-hybridized carbons (Fsp3) is 0.562. The number of nitrogens with zero attached hydrogens (tertiary/aromatic N) is 1. The van der Waals surface area contributed by atoms with Crippen LogP contribution in [-0.4, -0.2) is 56.3 Å². The van der Waals surface area contributed by atoms with Gasteiger partial charge in [0.2, 0.25) is 10.0 Å². The Balaban J connectivity index is 2.37. The highest BCUT2D eigenvalue weighted by Crippen LogP contribution is 2.27. The molecular weight excluding hydrogens is 366 g/mol. The number of hydrogen-bond donors (Lipinski definition) is 1. The lowest BCUT2D eigenvalue weighted by molar-refractivity contribution is -0.137. The van der Waals surface area contributed by atoms with Gasteiger partial charge < -0.3 is 5.11 Å². The summed E-state index contributed by atoms with van der Waals surface area (Å²) in [7, 11) is -7.17. The molecule has 2 rings (SSSR count). The van der Waals surface area contributed by atoms with E-state index in [0.717, 1.165) is 5.56 Å². The molecule has 1 N–H and O–H groups in total. The molecule has 1 aromatic rings. The number of aryl methyl sites for hydroxylation is 2. The quantitative estimate of drug-likeness (QED) is 0.754.